The van der Waals surface area contributed by atoms with Crippen LogP contribution in [-0.2, 0) is 13.1 Å². The number of carbonyl (C=O) groups excluding carboxylic acids is 1. The third-order valence-corrected chi connectivity index (χ3v) is 7.45. The number of aromatic nitrogens is 2. The molecule has 0 aliphatic carbocycles. The summed E-state index contributed by atoms with van der Waals surface area (Å²) in [5.41, 5.74) is 7.87. The molecule has 0 unspecified atom stereocenters. The number of aliphatic hydroxyl groups excluding tert-OH is 2. The fraction of sp³-hybridized carbons (Fsp3) is 0.235. The number of nitrogens with one attached hydrogen (secondary N) is 3. The van der Waals surface area contributed by atoms with Gasteiger partial charge in [-0.25, -0.2) is 0 Å². The number of rotatable bonds is 13. The number of hydrogen-bond donors (Lipinski definition) is 5. The quantitative estimate of drug-likeness (QED) is 0.135. The summed E-state index contributed by atoms with van der Waals surface area (Å²) in [5.74, 6) is -0.346. The zero-order valence-electron chi connectivity index (χ0n) is 24.7. The van der Waals surface area contributed by atoms with Crippen LogP contribution in [-0.4, -0.2) is 52.4 Å². The molecule has 4 aromatic rings. The number of nitrogens with zero attached hydrogens (tertiary/aromatic N) is 3. The second kappa shape index (κ2) is 15.9. The molecule has 2 aromatic carbocycles. The van der Waals surface area contributed by atoms with E-state index >= 15 is 0 Å². The summed E-state index contributed by atoms with van der Waals surface area (Å²) < 4.78 is 0. The largest absolute Gasteiger partial charge is 0.395 e. The van der Waals surface area contributed by atoms with Crippen LogP contribution in [0.3, 0.4) is 0 Å². The molecule has 0 radical (unpaired) electrons. The van der Waals surface area contributed by atoms with Gasteiger partial charge in [-0.1, -0.05) is 41.9 Å². The summed E-state index contributed by atoms with van der Waals surface area (Å²) in [6.07, 6.45) is 6.91. The third kappa shape index (κ3) is 8.14. The molecular weight excluding hydrogens is 576 g/mol. The molecule has 44 heavy (non-hydrogen) atoms. The first-order valence-electron chi connectivity index (χ1n) is 14.2. The van der Waals surface area contributed by atoms with Crippen molar-refractivity contribution in [1.29, 1.82) is 5.26 Å². The van der Waals surface area contributed by atoms with Crippen molar-refractivity contribution in [2.75, 3.05) is 31.6 Å². The van der Waals surface area contributed by atoms with E-state index in [0.717, 1.165) is 33.4 Å². The Kier molecular flexibility index (Phi) is 11.7. The Hall–Kier alpha value is -4.43. The maximum absolute atomic E-state index is 13.0. The molecule has 0 spiro atoms. The average molecular weight is 611 g/mol. The standard InChI is InChI=1S/C34H35ClN6O3/c1-22-16-25(30(35)17-26(22)21-38-13-15-43)7-9-32-29(18-36)28(10-11-39-32)27-4-3-5-31(23(27)2)41-34(44)33-8-6-24(20-40-33)19-37-12-14-42/h3-11,16-17,20,37-38,42-43H,12-15,19,21H2,1-2H3,(H,41,44). The highest BCUT2D eigenvalue weighted by atomic mass is 35.5. The van der Waals surface area contributed by atoms with Crippen molar-refractivity contribution in [3.05, 3.63) is 111 Å². The van der Waals surface area contributed by atoms with E-state index < -0.39 is 0 Å². The lowest BCUT2D eigenvalue weighted by Gasteiger charge is -2.14. The van der Waals surface area contributed by atoms with Gasteiger partial charge in [-0.2, -0.15) is 5.26 Å². The smallest absolute Gasteiger partial charge is 0.274 e. The summed E-state index contributed by atoms with van der Waals surface area (Å²) in [6.45, 7) is 6.14. The molecule has 226 valence electrons. The monoisotopic (exact) mass is 610 g/mol. The van der Waals surface area contributed by atoms with Gasteiger partial charge in [0.15, 0.2) is 0 Å². The van der Waals surface area contributed by atoms with Gasteiger partial charge in [0.2, 0.25) is 0 Å². The van der Waals surface area contributed by atoms with Crippen molar-refractivity contribution in [2.45, 2.75) is 26.9 Å². The van der Waals surface area contributed by atoms with Gasteiger partial charge in [0, 0.05) is 54.8 Å². The highest BCUT2D eigenvalue weighted by Gasteiger charge is 2.16. The van der Waals surface area contributed by atoms with Crippen molar-refractivity contribution in [3.63, 3.8) is 0 Å². The van der Waals surface area contributed by atoms with Gasteiger partial charge in [0.1, 0.15) is 11.8 Å². The number of nitriles is 1. The number of hydrogen-bond acceptors (Lipinski definition) is 8. The molecule has 0 fully saturated rings. The molecule has 1 amide bonds. The predicted molar refractivity (Wildman–Crippen MR) is 174 cm³/mol. The minimum Gasteiger partial charge on any atom is -0.395 e. The number of aliphatic hydroxyl groups is 2. The Labute approximate surface area is 262 Å². The molecule has 5 N–H and O–H groups in total. The Morgan fingerprint density at radius 2 is 1.75 bits per heavy atom. The molecule has 10 heteroatoms. The van der Waals surface area contributed by atoms with Crippen molar-refractivity contribution in [2.24, 2.45) is 0 Å². The second-order valence-electron chi connectivity index (χ2n) is 10.1. The third-order valence-electron chi connectivity index (χ3n) is 7.12. The molecule has 0 saturated carbocycles. The lowest BCUT2D eigenvalue weighted by atomic mass is 9.94. The van der Waals surface area contributed by atoms with Crippen molar-refractivity contribution in [1.82, 2.24) is 20.6 Å². The highest BCUT2D eigenvalue weighted by molar-refractivity contribution is 6.32. The van der Waals surface area contributed by atoms with Crippen LogP contribution >= 0.6 is 11.6 Å². The van der Waals surface area contributed by atoms with Crippen molar-refractivity contribution >= 4 is 35.3 Å². The molecule has 2 heterocycles. The molecule has 0 bridgehead atoms. The number of amides is 1. The van der Waals surface area contributed by atoms with Crippen molar-refractivity contribution < 1.29 is 15.0 Å². The second-order valence-corrected chi connectivity index (χ2v) is 10.6. The van der Waals surface area contributed by atoms with Gasteiger partial charge in [-0.05, 0) is 77.6 Å². The summed E-state index contributed by atoms with van der Waals surface area (Å²) in [5, 5.41) is 37.9. The van der Waals surface area contributed by atoms with Gasteiger partial charge < -0.3 is 26.2 Å². The summed E-state index contributed by atoms with van der Waals surface area (Å²) in [6, 6.07) is 17.0. The van der Waals surface area contributed by atoms with Gasteiger partial charge in [0.05, 0.1) is 24.5 Å². The van der Waals surface area contributed by atoms with E-state index in [9.17, 15) is 10.1 Å². The summed E-state index contributed by atoms with van der Waals surface area (Å²) >= 11 is 6.57. The maximum Gasteiger partial charge on any atom is 0.274 e. The number of aryl methyl sites for hydroxylation is 1. The molecule has 0 aliphatic heterocycles. The lowest BCUT2D eigenvalue weighted by Crippen LogP contribution is -2.18. The van der Waals surface area contributed by atoms with Crippen LogP contribution in [0.5, 0.6) is 0 Å². The SMILES string of the molecule is Cc1cc(C=Cc2nccc(-c3cccc(NC(=O)c4ccc(CNCCO)cn4)c3C)c2C#N)c(Cl)cc1CNCCO. The van der Waals surface area contributed by atoms with Gasteiger partial charge >= 0.3 is 0 Å². The van der Waals surface area contributed by atoms with Gasteiger partial charge in [-0.15, -0.1) is 0 Å². The van der Waals surface area contributed by atoms with Crippen LogP contribution in [0.1, 0.15) is 49.6 Å². The number of anilines is 1. The Balaban J connectivity index is 1.56. The maximum atomic E-state index is 13.0. The topological polar surface area (TPSA) is 143 Å². The number of pyridine rings is 2. The Morgan fingerprint density at radius 3 is 2.45 bits per heavy atom. The van der Waals surface area contributed by atoms with Crippen LogP contribution in [0, 0.1) is 25.2 Å². The van der Waals surface area contributed by atoms with Crippen LogP contribution in [0.4, 0.5) is 5.69 Å². The Morgan fingerprint density at radius 1 is 0.977 bits per heavy atom. The lowest BCUT2D eigenvalue weighted by molar-refractivity contribution is 0.102. The van der Waals surface area contributed by atoms with Crippen LogP contribution < -0.4 is 16.0 Å². The van der Waals surface area contributed by atoms with Crippen molar-refractivity contribution in [3.8, 4) is 17.2 Å². The minimum atomic E-state index is -0.346. The molecule has 0 aliphatic rings. The zero-order valence-corrected chi connectivity index (χ0v) is 25.4. The van der Waals surface area contributed by atoms with Crippen LogP contribution in [0.25, 0.3) is 23.3 Å². The number of carbonyl (C=O) groups is 1. The van der Waals surface area contributed by atoms with E-state index in [-0.39, 0.29) is 24.8 Å². The predicted octanol–water partition coefficient (Wildman–Crippen LogP) is 4.87. The highest BCUT2D eigenvalue weighted by Crippen LogP contribution is 2.32. The van der Waals surface area contributed by atoms with E-state index in [1.165, 1.54) is 0 Å². The summed E-state index contributed by atoms with van der Waals surface area (Å²) in [7, 11) is 0. The number of benzene rings is 2. The Bertz CT molecular complexity index is 1680. The first-order valence-corrected chi connectivity index (χ1v) is 14.6. The van der Waals surface area contributed by atoms with E-state index in [0.29, 0.717) is 53.7 Å². The van der Waals surface area contributed by atoms with Crippen LogP contribution in [0.15, 0.2) is 60.9 Å². The molecule has 0 atom stereocenters. The van der Waals surface area contributed by atoms with Gasteiger partial charge in [-0.3, -0.25) is 14.8 Å². The minimum absolute atomic E-state index is 0.0503. The average Bonchev–Trinajstić information content (AvgIpc) is 3.03. The first kappa shape index (κ1) is 32.5. The summed E-state index contributed by atoms with van der Waals surface area (Å²) in [4.78, 5) is 21.7. The normalized spacial score (nSPS) is 11.1. The fourth-order valence-corrected chi connectivity index (χ4v) is 4.95. The molecule has 2 aromatic heterocycles. The van der Waals surface area contributed by atoms with E-state index in [4.69, 9.17) is 21.8 Å². The first-order chi connectivity index (χ1) is 21.4. The molecule has 4 rings (SSSR count). The fourth-order valence-electron chi connectivity index (χ4n) is 4.70. The zero-order chi connectivity index (χ0) is 31.5. The molecule has 0 saturated heterocycles. The van der Waals surface area contributed by atoms with Crippen LogP contribution in [0.2, 0.25) is 5.02 Å². The molecular formula is C34H35ClN6O3. The van der Waals surface area contributed by atoms with E-state index in [2.05, 4.69) is 32.0 Å². The molecule has 9 nitrogen and oxygen atoms in total. The number of halogens is 1. The van der Waals surface area contributed by atoms with E-state index in [1.807, 2.05) is 56.3 Å². The van der Waals surface area contributed by atoms with Gasteiger partial charge in [0.25, 0.3) is 5.91 Å². The van der Waals surface area contributed by atoms with E-state index in [1.54, 1.807) is 30.6 Å².